The minimum absolute atomic E-state index is 0.0998. The minimum Gasteiger partial charge on any atom is -0.244 e. The van der Waals surface area contributed by atoms with Gasteiger partial charge in [-0.05, 0) is 12.1 Å². The molecule has 114 valence electrons. The molecule has 0 saturated carbocycles. The van der Waals surface area contributed by atoms with Gasteiger partial charge < -0.3 is 0 Å². The van der Waals surface area contributed by atoms with Gasteiger partial charge in [0, 0.05) is 30.5 Å². The smallest absolute Gasteiger partial charge is 0.244 e. The van der Waals surface area contributed by atoms with Crippen LogP contribution in [0.25, 0.3) is 0 Å². The number of thioether (sulfide) groups is 1. The Kier molecular flexibility index (Phi) is 4.57. The van der Waals surface area contributed by atoms with Crippen LogP contribution in [0.5, 0.6) is 0 Å². The van der Waals surface area contributed by atoms with Gasteiger partial charge in [0.2, 0.25) is 10.0 Å². The van der Waals surface area contributed by atoms with Crippen LogP contribution in [0.2, 0.25) is 0 Å². The van der Waals surface area contributed by atoms with E-state index in [0.717, 1.165) is 16.8 Å². The molecule has 1 aliphatic heterocycles. The van der Waals surface area contributed by atoms with Gasteiger partial charge in [-0.3, -0.25) is 0 Å². The van der Waals surface area contributed by atoms with E-state index in [0.29, 0.717) is 5.75 Å². The highest BCUT2D eigenvalue weighted by atomic mass is 32.2. The predicted molar refractivity (Wildman–Crippen MR) is 78.8 cm³/mol. The second-order valence-corrected chi connectivity index (χ2v) is 9.71. The average molecular weight is 347 g/mol. The van der Waals surface area contributed by atoms with Crippen LogP contribution in [-0.2, 0) is 19.9 Å². The molecule has 2 rings (SSSR count). The van der Waals surface area contributed by atoms with Gasteiger partial charge in [0.25, 0.3) is 0 Å². The Morgan fingerprint density at radius 3 is 2.62 bits per heavy atom. The number of nitrogens with zero attached hydrogens (tertiary/aromatic N) is 3. The van der Waals surface area contributed by atoms with Crippen molar-refractivity contribution in [1.82, 2.24) is 9.29 Å². The largest absolute Gasteiger partial charge is 0.245 e. The van der Waals surface area contributed by atoms with Gasteiger partial charge in [0.15, 0.2) is 9.84 Å². The molecule has 2 heterocycles. The topological polar surface area (TPSA) is 108 Å². The van der Waals surface area contributed by atoms with Crippen molar-refractivity contribution < 1.29 is 16.8 Å². The van der Waals surface area contributed by atoms with E-state index < -0.39 is 25.2 Å². The van der Waals surface area contributed by atoms with Gasteiger partial charge in [-0.25, -0.2) is 21.8 Å². The monoisotopic (exact) mass is 347 g/mol. The number of aromatic nitrogens is 1. The molecule has 1 aliphatic rings. The van der Waals surface area contributed by atoms with E-state index in [9.17, 15) is 16.8 Å². The molecule has 1 saturated heterocycles. The Morgan fingerprint density at radius 2 is 2.10 bits per heavy atom. The highest BCUT2D eigenvalue weighted by Gasteiger charge is 2.39. The van der Waals surface area contributed by atoms with Crippen molar-refractivity contribution in [1.29, 1.82) is 5.26 Å². The summed E-state index contributed by atoms with van der Waals surface area (Å²) in [7, 11) is -7.48. The Bertz CT molecular complexity index is 766. The zero-order valence-electron chi connectivity index (χ0n) is 11.1. The maximum absolute atomic E-state index is 12.6. The fourth-order valence-electron chi connectivity index (χ4n) is 1.91. The number of sulfone groups is 1. The molecule has 21 heavy (non-hydrogen) atoms. The van der Waals surface area contributed by atoms with Crippen LogP contribution in [-0.4, -0.2) is 55.8 Å². The second-order valence-electron chi connectivity index (χ2n) is 4.47. The summed E-state index contributed by atoms with van der Waals surface area (Å²) in [5, 5.41) is 7.60. The molecular weight excluding hydrogens is 334 g/mol. The maximum atomic E-state index is 12.6. The number of hydrogen-bond acceptors (Lipinski definition) is 7. The Hall–Kier alpha value is -1.15. The fraction of sp³-hybridized carbons (Fsp3) is 0.455. The molecule has 0 aliphatic carbocycles. The quantitative estimate of drug-likeness (QED) is 0.760. The summed E-state index contributed by atoms with van der Waals surface area (Å²) >= 11 is 1.41. The zero-order valence-corrected chi connectivity index (χ0v) is 13.6. The SMILES string of the molecule is CS(=O)(=O)C1CSCCN1S(=O)(=O)c1ccc(C#N)nc1. The van der Waals surface area contributed by atoms with Gasteiger partial charge in [0.05, 0.1) is 0 Å². The lowest BCUT2D eigenvalue weighted by molar-refractivity contribution is 0.404. The molecule has 1 fully saturated rings. The van der Waals surface area contributed by atoms with Crippen molar-refractivity contribution in [2.75, 3.05) is 24.3 Å². The van der Waals surface area contributed by atoms with E-state index in [2.05, 4.69) is 4.98 Å². The van der Waals surface area contributed by atoms with Crippen molar-refractivity contribution in [3.8, 4) is 6.07 Å². The van der Waals surface area contributed by atoms with Crippen molar-refractivity contribution >= 4 is 31.6 Å². The van der Waals surface area contributed by atoms with Crippen LogP contribution in [0.15, 0.2) is 23.2 Å². The number of pyridine rings is 1. The molecule has 10 heteroatoms. The van der Waals surface area contributed by atoms with Gasteiger partial charge in [-0.15, -0.1) is 0 Å². The van der Waals surface area contributed by atoms with Crippen molar-refractivity contribution in [3.05, 3.63) is 24.0 Å². The van der Waals surface area contributed by atoms with Gasteiger partial charge >= 0.3 is 0 Å². The Morgan fingerprint density at radius 1 is 1.38 bits per heavy atom. The summed E-state index contributed by atoms with van der Waals surface area (Å²) in [5.41, 5.74) is 0.0998. The number of sulfonamides is 1. The molecule has 1 aromatic heterocycles. The first kappa shape index (κ1) is 16.2. The summed E-state index contributed by atoms with van der Waals surface area (Å²) in [4.78, 5) is 3.61. The molecule has 0 bridgehead atoms. The normalized spacial score (nSPS) is 20.9. The molecular formula is C11H13N3O4S3. The first-order valence-corrected chi connectivity index (χ1v) is 10.5. The standard InChI is InChI=1S/C11H13N3O4S3/c1-20(15,16)11-8-19-5-4-14(11)21(17,18)10-3-2-9(6-12)13-7-10/h2-3,7,11H,4-5,8H2,1H3. The molecule has 0 spiro atoms. The third-order valence-corrected chi connectivity index (χ3v) is 7.66. The average Bonchev–Trinajstić information content (AvgIpc) is 2.46. The van der Waals surface area contributed by atoms with Gasteiger partial charge in [-0.1, -0.05) is 0 Å². The molecule has 0 N–H and O–H groups in total. The Balaban J connectivity index is 2.43. The maximum Gasteiger partial charge on any atom is 0.245 e. The van der Waals surface area contributed by atoms with Gasteiger partial charge in [0.1, 0.15) is 22.0 Å². The number of rotatable bonds is 3. The lowest BCUT2D eigenvalue weighted by atomic mass is 10.4. The van der Waals surface area contributed by atoms with E-state index in [-0.39, 0.29) is 22.9 Å². The molecule has 0 amide bonds. The molecule has 1 atom stereocenters. The van der Waals surface area contributed by atoms with E-state index in [1.807, 2.05) is 0 Å². The van der Waals surface area contributed by atoms with Crippen LogP contribution in [0.3, 0.4) is 0 Å². The lowest BCUT2D eigenvalue weighted by Crippen LogP contribution is -2.49. The van der Waals surface area contributed by atoms with Crippen molar-refractivity contribution in [2.24, 2.45) is 0 Å². The zero-order chi connectivity index (χ0) is 15.7. The van der Waals surface area contributed by atoms with Crippen LogP contribution in [0.4, 0.5) is 0 Å². The lowest BCUT2D eigenvalue weighted by Gasteiger charge is -2.32. The molecule has 1 aromatic rings. The minimum atomic E-state index is -3.95. The van der Waals surface area contributed by atoms with Crippen molar-refractivity contribution in [2.45, 2.75) is 10.3 Å². The fourth-order valence-corrected chi connectivity index (χ4v) is 7.03. The highest BCUT2D eigenvalue weighted by molar-refractivity contribution is 8.01. The van der Waals surface area contributed by atoms with E-state index >= 15 is 0 Å². The van der Waals surface area contributed by atoms with Gasteiger partial charge in [-0.2, -0.15) is 21.3 Å². The van der Waals surface area contributed by atoms with Crippen LogP contribution < -0.4 is 0 Å². The summed E-state index contributed by atoms with van der Waals surface area (Å²) in [6, 6.07) is 4.36. The third-order valence-electron chi connectivity index (χ3n) is 2.99. The van der Waals surface area contributed by atoms with Crippen LogP contribution in [0.1, 0.15) is 5.69 Å². The first-order valence-electron chi connectivity index (χ1n) is 5.91. The highest BCUT2D eigenvalue weighted by Crippen LogP contribution is 2.26. The van der Waals surface area contributed by atoms with E-state index in [4.69, 9.17) is 5.26 Å². The summed E-state index contributed by atoms with van der Waals surface area (Å²) < 4.78 is 49.7. The summed E-state index contributed by atoms with van der Waals surface area (Å²) in [5.74, 6) is 0.747. The van der Waals surface area contributed by atoms with E-state index in [1.165, 1.54) is 23.9 Å². The first-order chi connectivity index (χ1) is 9.76. The predicted octanol–water partition coefficient (Wildman–Crippen LogP) is 0.0615. The number of nitriles is 1. The Labute approximate surface area is 127 Å². The van der Waals surface area contributed by atoms with Crippen LogP contribution >= 0.6 is 11.8 Å². The summed E-state index contributed by atoms with van der Waals surface area (Å²) in [6.45, 7) is 0.130. The van der Waals surface area contributed by atoms with Crippen molar-refractivity contribution in [3.63, 3.8) is 0 Å². The molecule has 0 radical (unpaired) electrons. The molecule has 1 unspecified atom stereocenters. The number of hydrogen-bond donors (Lipinski definition) is 0. The third kappa shape index (κ3) is 3.37. The van der Waals surface area contributed by atoms with E-state index in [1.54, 1.807) is 6.07 Å². The molecule has 0 aromatic carbocycles. The van der Waals surface area contributed by atoms with Crippen LogP contribution in [0, 0.1) is 11.3 Å². The summed E-state index contributed by atoms with van der Waals surface area (Å²) in [6.07, 6.45) is 2.11. The second kappa shape index (κ2) is 5.92. The molecule has 7 nitrogen and oxygen atoms in total.